The summed E-state index contributed by atoms with van der Waals surface area (Å²) >= 11 is 1.57. The maximum Gasteiger partial charge on any atom is 0.217 e. The van der Waals surface area contributed by atoms with E-state index in [0.717, 1.165) is 27.6 Å². The summed E-state index contributed by atoms with van der Waals surface area (Å²) in [5, 5.41) is 0. The number of nitrogens with one attached hydrogen (secondary N) is 1. The maximum atomic E-state index is 12.4. The monoisotopic (exact) mass is 284 g/mol. The fraction of sp³-hybridized carbons (Fsp3) is 0.188. The van der Waals surface area contributed by atoms with E-state index in [9.17, 15) is 4.79 Å². The third-order valence-electron chi connectivity index (χ3n) is 3.16. The smallest absolute Gasteiger partial charge is 0.217 e. The van der Waals surface area contributed by atoms with Crippen LogP contribution in [0.5, 0.6) is 0 Å². The van der Waals surface area contributed by atoms with Gasteiger partial charge in [-0.2, -0.15) is 0 Å². The third kappa shape index (κ3) is 2.44. The number of Topliss-reactive ketones (excluding diaryl/α,β-unsaturated/α-hetero) is 1. The summed E-state index contributed by atoms with van der Waals surface area (Å²) in [6.07, 6.45) is 3.90. The van der Waals surface area contributed by atoms with Gasteiger partial charge in [0.15, 0.2) is 0 Å². The summed E-state index contributed by atoms with van der Waals surface area (Å²) in [5.74, 6) is 0.0962. The molecule has 4 heteroatoms. The largest absolute Gasteiger partial charge is 0.357 e. The van der Waals surface area contributed by atoms with Crippen molar-refractivity contribution in [3.8, 4) is 0 Å². The summed E-state index contributed by atoms with van der Waals surface area (Å²) in [5.41, 5.74) is 2.97. The molecule has 1 N–H and O–H groups in total. The second kappa shape index (κ2) is 5.31. The van der Waals surface area contributed by atoms with Crippen molar-refractivity contribution in [1.29, 1.82) is 0 Å². The molecule has 0 saturated carbocycles. The molecule has 0 radical (unpaired) electrons. The highest BCUT2D eigenvalue weighted by Crippen LogP contribution is 2.42. The van der Waals surface area contributed by atoms with Crippen LogP contribution < -0.4 is 0 Å². The highest BCUT2D eigenvalue weighted by Gasteiger charge is 2.29. The molecule has 1 aliphatic rings. The van der Waals surface area contributed by atoms with E-state index in [0.29, 0.717) is 0 Å². The first-order valence-electron chi connectivity index (χ1n) is 6.49. The van der Waals surface area contributed by atoms with E-state index in [1.807, 2.05) is 56.7 Å². The number of aromatic amines is 1. The van der Waals surface area contributed by atoms with E-state index in [1.54, 1.807) is 11.8 Å². The zero-order valence-electron chi connectivity index (χ0n) is 11.5. The summed E-state index contributed by atoms with van der Waals surface area (Å²) in [6.45, 7) is 0.838. The highest BCUT2D eigenvalue weighted by atomic mass is 32.2. The van der Waals surface area contributed by atoms with Crippen LogP contribution in [0.25, 0.3) is 6.08 Å². The van der Waals surface area contributed by atoms with Crippen molar-refractivity contribution in [2.24, 2.45) is 0 Å². The van der Waals surface area contributed by atoms with Crippen molar-refractivity contribution in [3.05, 3.63) is 58.3 Å². The van der Waals surface area contributed by atoms with E-state index in [2.05, 4.69) is 9.88 Å². The average molecular weight is 284 g/mol. The Morgan fingerprint density at radius 3 is 2.70 bits per heavy atom. The molecule has 0 fully saturated rings. The standard InChI is InChI=1S/C16H16N2OS/c1-18(2)10-12-9-17-14-15(19)13(20-16(12)14)8-11-6-4-3-5-7-11/h3-9,17H,10H2,1-2H3/b13-8-. The molecule has 0 unspecified atom stereocenters. The minimum Gasteiger partial charge on any atom is -0.357 e. The van der Waals surface area contributed by atoms with Crippen LogP contribution in [0.1, 0.15) is 21.6 Å². The predicted molar refractivity (Wildman–Crippen MR) is 82.8 cm³/mol. The molecule has 102 valence electrons. The number of benzene rings is 1. The lowest BCUT2D eigenvalue weighted by Crippen LogP contribution is -2.10. The Labute approximate surface area is 122 Å². The third-order valence-corrected chi connectivity index (χ3v) is 4.35. The molecule has 3 rings (SSSR count). The van der Waals surface area contributed by atoms with Gasteiger partial charge in [-0.05, 0) is 31.3 Å². The van der Waals surface area contributed by atoms with Crippen LogP contribution in [-0.2, 0) is 6.54 Å². The van der Waals surface area contributed by atoms with E-state index in [1.165, 1.54) is 5.56 Å². The number of carbonyl (C=O) groups is 1. The van der Waals surface area contributed by atoms with Gasteiger partial charge in [-0.3, -0.25) is 4.79 Å². The number of ketones is 1. The number of allylic oxidation sites excluding steroid dienone is 1. The topological polar surface area (TPSA) is 36.1 Å². The second-order valence-corrected chi connectivity index (χ2v) is 6.16. The number of aromatic nitrogens is 1. The van der Waals surface area contributed by atoms with Gasteiger partial charge in [0, 0.05) is 17.6 Å². The second-order valence-electron chi connectivity index (χ2n) is 5.11. The number of hydrogen-bond acceptors (Lipinski definition) is 3. The molecule has 2 aromatic rings. The summed E-state index contributed by atoms with van der Waals surface area (Å²) < 4.78 is 0. The van der Waals surface area contributed by atoms with Crippen molar-refractivity contribution in [2.75, 3.05) is 14.1 Å². The van der Waals surface area contributed by atoms with Crippen LogP contribution in [-0.4, -0.2) is 29.8 Å². The van der Waals surface area contributed by atoms with Crippen LogP contribution in [0.4, 0.5) is 0 Å². The van der Waals surface area contributed by atoms with Crippen molar-refractivity contribution in [3.63, 3.8) is 0 Å². The lowest BCUT2D eigenvalue weighted by Gasteiger charge is -2.08. The molecule has 20 heavy (non-hydrogen) atoms. The van der Waals surface area contributed by atoms with Gasteiger partial charge in [0.25, 0.3) is 0 Å². The Bertz CT molecular complexity index is 671. The lowest BCUT2D eigenvalue weighted by molar-refractivity contribution is 0.104. The fourth-order valence-electron chi connectivity index (χ4n) is 2.27. The number of thioether (sulfide) groups is 1. The van der Waals surface area contributed by atoms with E-state index < -0.39 is 0 Å². The first-order valence-corrected chi connectivity index (χ1v) is 7.31. The average Bonchev–Trinajstić information content (AvgIpc) is 2.93. The van der Waals surface area contributed by atoms with Crippen LogP contribution in [0, 0.1) is 0 Å². The summed E-state index contributed by atoms with van der Waals surface area (Å²) in [6, 6.07) is 9.95. The zero-order valence-corrected chi connectivity index (χ0v) is 12.3. The summed E-state index contributed by atoms with van der Waals surface area (Å²) in [7, 11) is 4.06. The summed E-state index contributed by atoms with van der Waals surface area (Å²) in [4.78, 5) is 19.5. The van der Waals surface area contributed by atoms with Crippen molar-refractivity contribution in [1.82, 2.24) is 9.88 Å². The molecular weight excluding hydrogens is 268 g/mol. The van der Waals surface area contributed by atoms with Gasteiger partial charge < -0.3 is 9.88 Å². The van der Waals surface area contributed by atoms with Crippen LogP contribution in [0.2, 0.25) is 0 Å². The highest BCUT2D eigenvalue weighted by molar-refractivity contribution is 8.05. The van der Waals surface area contributed by atoms with E-state index in [-0.39, 0.29) is 5.78 Å². The molecule has 0 spiro atoms. The molecule has 0 saturated heterocycles. The normalized spacial score (nSPS) is 16.1. The molecular formula is C16H16N2OS. The Hall–Kier alpha value is -1.78. The molecule has 0 aliphatic carbocycles. The Balaban J connectivity index is 1.91. The first-order chi connectivity index (χ1) is 9.65. The molecule has 1 aromatic carbocycles. The molecule has 1 aromatic heterocycles. The minimum atomic E-state index is 0.0962. The van der Waals surface area contributed by atoms with E-state index >= 15 is 0 Å². The van der Waals surface area contributed by atoms with Crippen LogP contribution in [0.15, 0.2) is 46.3 Å². The number of rotatable bonds is 3. The van der Waals surface area contributed by atoms with Gasteiger partial charge in [0.2, 0.25) is 5.78 Å². The van der Waals surface area contributed by atoms with Gasteiger partial charge in [-0.1, -0.05) is 42.1 Å². The number of carbonyl (C=O) groups excluding carboxylic acids is 1. The van der Waals surface area contributed by atoms with Crippen LogP contribution in [0.3, 0.4) is 0 Å². The maximum absolute atomic E-state index is 12.4. The zero-order chi connectivity index (χ0) is 14.1. The molecule has 0 atom stereocenters. The van der Waals surface area contributed by atoms with Crippen LogP contribution >= 0.6 is 11.8 Å². The quantitative estimate of drug-likeness (QED) is 0.877. The Kier molecular flexibility index (Phi) is 3.51. The van der Waals surface area contributed by atoms with Gasteiger partial charge in [-0.25, -0.2) is 0 Å². The molecule has 0 bridgehead atoms. The van der Waals surface area contributed by atoms with Gasteiger partial charge >= 0.3 is 0 Å². The molecule has 2 heterocycles. The number of hydrogen-bond donors (Lipinski definition) is 1. The van der Waals surface area contributed by atoms with E-state index in [4.69, 9.17) is 0 Å². The van der Waals surface area contributed by atoms with Crippen molar-refractivity contribution in [2.45, 2.75) is 11.4 Å². The molecule has 1 aliphatic heterocycles. The minimum absolute atomic E-state index is 0.0962. The fourth-order valence-corrected chi connectivity index (χ4v) is 3.39. The SMILES string of the molecule is CN(C)Cc1c[nH]c2c1S/C(=C\c1ccccc1)C2=O. The lowest BCUT2D eigenvalue weighted by atomic mass is 10.1. The number of H-pyrrole nitrogens is 1. The van der Waals surface area contributed by atoms with Gasteiger partial charge in [0.05, 0.1) is 4.91 Å². The first kappa shape index (κ1) is 13.2. The van der Waals surface area contributed by atoms with Gasteiger partial charge in [-0.15, -0.1) is 0 Å². The molecule has 0 amide bonds. The molecule has 3 nitrogen and oxygen atoms in total. The number of nitrogens with zero attached hydrogens (tertiary/aromatic N) is 1. The predicted octanol–water partition coefficient (Wildman–Crippen LogP) is 3.41. The number of fused-ring (bicyclic) bond motifs is 1. The van der Waals surface area contributed by atoms with Gasteiger partial charge in [0.1, 0.15) is 5.69 Å². The Morgan fingerprint density at radius 2 is 2.00 bits per heavy atom. The van der Waals surface area contributed by atoms with Crippen molar-refractivity contribution >= 4 is 23.6 Å². The van der Waals surface area contributed by atoms with Crippen molar-refractivity contribution < 1.29 is 4.79 Å². The Morgan fingerprint density at radius 1 is 1.25 bits per heavy atom.